The van der Waals surface area contributed by atoms with Crippen molar-refractivity contribution < 1.29 is 28.3 Å². The second-order valence-corrected chi connectivity index (χ2v) is 8.97. The number of hydrogen-bond donors (Lipinski definition) is 3. The Morgan fingerprint density at radius 1 is 1.25 bits per heavy atom. The highest BCUT2D eigenvalue weighted by molar-refractivity contribution is 6.48. The highest BCUT2D eigenvalue weighted by Crippen LogP contribution is 2.44. The average molecular weight is 468 g/mol. The van der Waals surface area contributed by atoms with Gasteiger partial charge in [-0.1, -0.05) is 11.6 Å². The maximum atomic E-state index is 13.9. The lowest BCUT2D eigenvalue weighted by Gasteiger charge is -2.49. The molecule has 1 saturated carbocycles. The van der Waals surface area contributed by atoms with E-state index in [1.807, 2.05) is 0 Å². The number of aliphatic hydroxyl groups is 1. The van der Waals surface area contributed by atoms with Crippen molar-refractivity contribution in [2.75, 3.05) is 11.9 Å². The molecule has 3 N–H and O–H groups in total. The summed E-state index contributed by atoms with van der Waals surface area (Å²) in [6.45, 7) is 3.94. The Morgan fingerprint density at radius 3 is 2.41 bits per heavy atom. The number of amides is 2. The maximum absolute atomic E-state index is 13.9. The molecular weight excluding hydrogens is 444 g/mol. The fraction of sp³-hybridized carbons (Fsp3) is 0.409. The van der Waals surface area contributed by atoms with Crippen molar-refractivity contribution in [1.82, 2.24) is 9.88 Å². The minimum Gasteiger partial charge on any atom is -0.394 e. The molecule has 2 aromatic rings. The van der Waals surface area contributed by atoms with Gasteiger partial charge in [-0.05, 0) is 44.5 Å². The molecule has 1 fully saturated rings. The van der Waals surface area contributed by atoms with Gasteiger partial charge in [0.1, 0.15) is 17.2 Å². The topological polar surface area (TPSA) is 100 Å². The number of Topliss-reactive ketones (excluding diaryl/α,β-unsaturated/α-hetero) is 1. The number of aromatic nitrogens is 1. The molecule has 0 aliphatic heterocycles. The standard InChI is InChI=1S/C22H24ClF2N3O4/c1-11-7-13(5-6-14(11)24)26-19(31)15-12(2)28(4)17(16(15)23)18(30)20(32)27-22(10-29)8-21(3,25)9-22/h5-7,29H,8-10H2,1-4H3,(H,26,31)(H,27,32). The van der Waals surface area contributed by atoms with E-state index < -0.39 is 41.2 Å². The number of ketones is 1. The van der Waals surface area contributed by atoms with Crippen LogP contribution >= 0.6 is 11.6 Å². The predicted octanol–water partition coefficient (Wildman–Crippen LogP) is 3.24. The van der Waals surface area contributed by atoms with Crippen LogP contribution in [0, 0.1) is 19.7 Å². The number of halogens is 3. The molecule has 10 heteroatoms. The highest BCUT2D eigenvalue weighted by atomic mass is 35.5. The Morgan fingerprint density at radius 2 is 1.88 bits per heavy atom. The summed E-state index contributed by atoms with van der Waals surface area (Å²) >= 11 is 6.34. The molecule has 0 unspecified atom stereocenters. The molecule has 3 rings (SSSR count). The quantitative estimate of drug-likeness (QED) is 0.448. The first-order chi connectivity index (χ1) is 14.8. The van der Waals surface area contributed by atoms with E-state index in [4.69, 9.17) is 11.6 Å². The van der Waals surface area contributed by atoms with Gasteiger partial charge in [0.15, 0.2) is 0 Å². The third-order valence-electron chi connectivity index (χ3n) is 5.79. The van der Waals surface area contributed by atoms with Crippen LogP contribution in [-0.4, -0.2) is 45.1 Å². The molecule has 1 aliphatic rings. The molecule has 1 aliphatic carbocycles. The molecule has 0 spiro atoms. The number of carbonyl (C=O) groups is 3. The summed E-state index contributed by atoms with van der Waals surface area (Å²) in [5.41, 5.74) is -1.97. The van der Waals surface area contributed by atoms with Gasteiger partial charge in [-0.25, -0.2) is 8.78 Å². The number of nitrogens with zero attached hydrogens (tertiary/aromatic N) is 1. The monoisotopic (exact) mass is 467 g/mol. The van der Waals surface area contributed by atoms with Crippen LogP contribution in [0.4, 0.5) is 14.5 Å². The van der Waals surface area contributed by atoms with E-state index >= 15 is 0 Å². The van der Waals surface area contributed by atoms with Crippen molar-refractivity contribution in [3.8, 4) is 0 Å². The average Bonchev–Trinajstić information content (AvgIpc) is 2.91. The molecule has 7 nitrogen and oxygen atoms in total. The van der Waals surface area contributed by atoms with Gasteiger partial charge in [0.25, 0.3) is 17.6 Å². The Bertz CT molecular complexity index is 1120. The van der Waals surface area contributed by atoms with Crippen LogP contribution in [0.25, 0.3) is 0 Å². The number of aliphatic hydroxyl groups excluding tert-OH is 1. The first-order valence-corrected chi connectivity index (χ1v) is 10.3. The minimum absolute atomic E-state index is 0.0101. The van der Waals surface area contributed by atoms with E-state index in [0.29, 0.717) is 16.9 Å². The molecule has 0 atom stereocenters. The smallest absolute Gasteiger partial charge is 0.294 e. The summed E-state index contributed by atoms with van der Waals surface area (Å²) in [7, 11) is 1.48. The predicted molar refractivity (Wildman–Crippen MR) is 115 cm³/mol. The van der Waals surface area contributed by atoms with Crippen molar-refractivity contribution in [3.63, 3.8) is 0 Å². The molecule has 1 aromatic heterocycles. The van der Waals surface area contributed by atoms with Gasteiger partial charge in [0.05, 0.1) is 22.7 Å². The molecule has 1 heterocycles. The van der Waals surface area contributed by atoms with E-state index in [2.05, 4.69) is 10.6 Å². The fourth-order valence-electron chi connectivity index (χ4n) is 4.20. The lowest BCUT2D eigenvalue weighted by molar-refractivity contribution is -0.125. The Balaban J connectivity index is 1.85. The van der Waals surface area contributed by atoms with Crippen LogP contribution in [0.1, 0.15) is 51.9 Å². The van der Waals surface area contributed by atoms with Crippen molar-refractivity contribution in [1.29, 1.82) is 0 Å². The van der Waals surface area contributed by atoms with Gasteiger partial charge in [0, 0.05) is 31.3 Å². The summed E-state index contributed by atoms with van der Waals surface area (Å²) < 4.78 is 28.7. The van der Waals surface area contributed by atoms with E-state index in [9.17, 15) is 28.3 Å². The largest absolute Gasteiger partial charge is 0.394 e. The molecule has 1 aromatic carbocycles. The highest BCUT2D eigenvalue weighted by Gasteiger charge is 2.53. The number of rotatable bonds is 6. The summed E-state index contributed by atoms with van der Waals surface area (Å²) in [6, 6.07) is 4.05. The van der Waals surface area contributed by atoms with Crippen molar-refractivity contribution in [2.45, 2.75) is 44.8 Å². The van der Waals surface area contributed by atoms with Crippen molar-refractivity contribution >= 4 is 34.9 Å². The zero-order valence-corrected chi connectivity index (χ0v) is 18.9. The SMILES string of the molecule is Cc1cc(NC(=O)c2c(Cl)c(C(=O)C(=O)NC3(CO)CC(C)(F)C3)n(C)c2C)ccc1F. The van der Waals surface area contributed by atoms with Crippen LogP contribution in [0.3, 0.4) is 0 Å². The fourth-order valence-corrected chi connectivity index (χ4v) is 4.63. The number of aryl methyl sites for hydroxylation is 1. The Hall–Kier alpha value is -2.78. The number of hydrogen-bond acceptors (Lipinski definition) is 4. The third kappa shape index (κ3) is 4.27. The van der Waals surface area contributed by atoms with Crippen LogP contribution in [-0.2, 0) is 11.8 Å². The van der Waals surface area contributed by atoms with Gasteiger partial charge in [-0.2, -0.15) is 0 Å². The molecule has 172 valence electrons. The first-order valence-electron chi connectivity index (χ1n) is 9.90. The number of carbonyl (C=O) groups excluding carboxylic acids is 3. The second kappa shape index (κ2) is 8.29. The molecule has 0 radical (unpaired) electrons. The van der Waals surface area contributed by atoms with Gasteiger partial charge in [0.2, 0.25) is 0 Å². The molecule has 0 bridgehead atoms. The third-order valence-corrected chi connectivity index (χ3v) is 6.16. The van der Waals surface area contributed by atoms with Crippen LogP contribution in [0.5, 0.6) is 0 Å². The molecule has 32 heavy (non-hydrogen) atoms. The van der Waals surface area contributed by atoms with E-state index in [1.165, 1.54) is 36.7 Å². The van der Waals surface area contributed by atoms with E-state index in [-0.39, 0.29) is 29.1 Å². The van der Waals surface area contributed by atoms with Gasteiger partial charge in [-0.3, -0.25) is 14.4 Å². The molecular formula is C22H24ClF2N3O4. The van der Waals surface area contributed by atoms with Crippen molar-refractivity contribution in [3.05, 3.63) is 51.6 Å². The number of alkyl halides is 1. The normalized spacial score (nSPS) is 22.2. The maximum Gasteiger partial charge on any atom is 0.294 e. The number of nitrogens with one attached hydrogen (secondary N) is 2. The Kier molecular flexibility index (Phi) is 6.19. The number of benzene rings is 1. The Labute approximate surface area is 188 Å². The summed E-state index contributed by atoms with van der Waals surface area (Å²) in [4.78, 5) is 38.2. The summed E-state index contributed by atoms with van der Waals surface area (Å²) in [6.07, 6.45) is -0.250. The van der Waals surface area contributed by atoms with Crippen molar-refractivity contribution in [2.24, 2.45) is 7.05 Å². The van der Waals surface area contributed by atoms with E-state index in [1.54, 1.807) is 13.8 Å². The molecule has 2 amide bonds. The lowest BCUT2D eigenvalue weighted by atomic mass is 9.67. The minimum atomic E-state index is -1.54. The number of anilines is 1. The van der Waals surface area contributed by atoms with Gasteiger partial charge >= 0.3 is 0 Å². The van der Waals surface area contributed by atoms with Crippen LogP contribution in [0.15, 0.2) is 18.2 Å². The lowest BCUT2D eigenvalue weighted by Crippen LogP contribution is -2.65. The van der Waals surface area contributed by atoms with Crippen LogP contribution < -0.4 is 10.6 Å². The second-order valence-electron chi connectivity index (χ2n) is 8.59. The van der Waals surface area contributed by atoms with Gasteiger partial charge in [-0.15, -0.1) is 0 Å². The van der Waals surface area contributed by atoms with E-state index in [0.717, 1.165) is 0 Å². The summed E-state index contributed by atoms with van der Waals surface area (Å²) in [5, 5.41) is 14.4. The van der Waals surface area contributed by atoms with Gasteiger partial charge < -0.3 is 20.3 Å². The summed E-state index contributed by atoms with van der Waals surface area (Å²) in [5.74, 6) is -3.13. The zero-order valence-electron chi connectivity index (χ0n) is 18.1. The zero-order chi connectivity index (χ0) is 24.0. The first kappa shape index (κ1) is 23.9. The van der Waals surface area contributed by atoms with Crippen LogP contribution in [0.2, 0.25) is 5.02 Å². The molecule has 0 saturated heterocycles.